The Morgan fingerprint density at radius 2 is 1.88 bits per heavy atom. The van der Waals surface area contributed by atoms with E-state index >= 15 is 0 Å². The summed E-state index contributed by atoms with van der Waals surface area (Å²) in [6.07, 6.45) is 0.503. The van der Waals surface area contributed by atoms with Gasteiger partial charge in [0.15, 0.2) is 0 Å². The molecular weight excluding hydrogens is 346 g/mol. The number of ether oxygens (including phenoxy) is 1. The molecule has 0 unspecified atom stereocenters. The second-order valence-electron chi connectivity index (χ2n) is 6.59. The average molecular weight is 369 g/mol. The number of esters is 1. The summed E-state index contributed by atoms with van der Waals surface area (Å²) < 4.78 is 4.94. The van der Waals surface area contributed by atoms with E-state index in [9.17, 15) is 9.59 Å². The van der Waals surface area contributed by atoms with Gasteiger partial charge in [0, 0.05) is 17.9 Å². The number of carbonyl (C=O) groups excluding carboxylic acids is 2. The lowest BCUT2D eigenvalue weighted by Crippen LogP contribution is -2.49. The van der Waals surface area contributed by atoms with E-state index in [1.165, 1.54) is 24.4 Å². The first-order valence-corrected chi connectivity index (χ1v) is 9.62. The van der Waals surface area contributed by atoms with Crippen LogP contribution in [0, 0.1) is 13.8 Å². The Bertz CT molecular complexity index is 834. The van der Waals surface area contributed by atoms with Crippen molar-refractivity contribution in [1.82, 2.24) is 4.90 Å². The maximum atomic E-state index is 12.9. The summed E-state index contributed by atoms with van der Waals surface area (Å²) in [5.74, 6) is -0.0923. The summed E-state index contributed by atoms with van der Waals surface area (Å²) in [6.45, 7) is 4.53. The fourth-order valence-corrected chi connectivity index (χ4v) is 4.23. The zero-order valence-electron chi connectivity index (χ0n) is 15.3. The van der Waals surface area contributed by atoms with Gasteiger partial charge < -0.3 is 9.64 Å². The third-order valence-electron chi connectivity index (χ3n) is 4.74. The molecule has 1 aliphatic rings. The summed E-state index contributed by atoms with van der Waals surface area (Å²) in [5.41, 5.74) is 4.53. The highest BCUT2D eigenvalue weighted by molar-refractivity contribution is 8.00. The molecule has 1 amide bonds. The molecule has 5 heteroatoms. The molecule has 0 spiro atoms. The smallest absolute Gasteiger partial charge is 0.328 e. The number of nitrogens with zero attached hydrogens (tertiary/aromatic N) is 1. The van der Waals surface area contributed by atoms with Crippen molar-refractivity contribution in [3.8, 4) is 0 Å². The Kier molecular flexibility index (Phi) is 5.67. The minimum Gasteiger partial charge on any atom is -0.467 e. The van der Waals surface area contributed by atoms with Crippen LogP contribution in [-0.4, -0.2) is 35.7 Å². The second kappa shape index (κ2) is 7.96. The first kappa shape index (κ1) is 18.5. The molecule has 0 N–H and O–H groups in total. The van der Waals surface area contributed by atoms with Gasteiger partial charge >= 0.3 is 5.97 Å². The minimum atomic E-state index is -0.554. The molecule has 1 heterocycles. The molecule has 0 aliphatic carbocycles. The van der Waals surface area contributed by atoms with Crippen LogP contribution in [0.25, 0.3) is 0 Å². The van der Waals surface area contributed by atoms with Crippen LogP contribution in [0.2, 0.25) is 0 Å². The molecule has 0 bridgehead atoms. The monoisotopic (exact) mass is 369 g/mol. The molecule has 0 saturated carbocycles. The number of methoxy groups -OCH3 is 1. The van der Waals surface area contributed by atoms with E-state index in [0.29, 0.717) is 18.7 Å². The molecule has 0 radical (unpaired) electrons. The van der Waals surface area contributed by atoms with Crippen LogP contribution in [0.3, 0.4) is 0 Å². The lowest BCUT2D eigenvalue weighted by molar-refractivity contribution is -0.153. The highest BCUT2D eigenvalue weighted by atomic mass is 32.2. The molecule has 26 heavy (non-hydrogen) atoms. The van der Waals surface area contributed by atoms with Crippen molar-refractivity contribution in [3.05, 3.63) is 64.7 Å². The minimum absolute atomic E-state index is 0.0409. The van der Waals surface area contributed by atoms with Crippen molar-refractivity contribution in [3.63, 3.8) is 0 Å². The number of hydrogen-bond acceptors (Lipinski definition) is 4. The first-order valence-electron chi connectivity index (χ1n) is 8.63. The number of rotatable bonds is 4. The molecule has 1 atom stereocenters. The molecule has 0 aromatic heterocycles. The van der Waals surface area contributed by atoms with Crippen molar-refractivity contribution < 1.29 is 14.3 Å². The van der Waals surface area contributed by atoms with Gasteiger partial charge in [0.2, 0.25) is 5.91 Å². The van der Waals surface area contributed by atoms with Crippen LogP contribution in [-0.2, 0) is 27.3 Å². The number of amides is 1. The zero-order chi connectivity index (χ0) is 18.7. The molecule has 3 rings (SSSR count). The Labute approximate surface area is 158 Å². The molecule has 2 aromatic rings. The lowest BCUT2D eigenvalue weighted by Gasteiger charge is -2.35. The van der Waals surface area contributed by atoms with Crippen LogP contribution >= 0.6 is 11.8 Å². The summed E-state index contributed by atoms with van der Waals surface area (Å²) in [6, 6.07) is 13.6. The fraction of sp³-hybridized carbons (Fsp3) is 0.333. The molecule has 1 aliphatic heterocycles. The van der Waals surface area contributed by atoms with E-state index in [0.717, 1.165) is 21.6 Å². The average Bonchev–Trinajstić information content (AvgIpc) is 2.66. The second-order valence-corrected chi connectivity index (χ2v) is 7.61. The van der Waals surface area contributed by atoms with Gasteiger partial charge in [-0.1, -0.05) is 42.0 Å². The molecule has 4 nitrogen and oxygen atoms in total. The predicted molar refractivity (Wildman–Crippen MR) is 103 cm³/mol. The quantitative estimate of drug-likeness (QED) is 0.611. The zero-order valence-corrected chi connectivity index (χ0v) is 16.1. The van der Waals surface area contributed by atoms with Gasteiger partial charge in [0.1, 0.15) is 6.04 Å². The summed E-state index contributed by atoms with van der Waals surface area (Å²) in [4.78, 5) is 27.9. The van der Waals surface area contributed by atoms with Gasteiger partial charge in [0.05, 0.1) is 12.9 Å². The predicted octanol–water partition coefficient (Wildman–Crippen LogP) is 3.52. The van der Waals surface area contributed by atoms with E-state index in [1.54, 1.807) is 4.90 Å². The van der Waals surface area contributed by atoms with Crippen molar-refractivity contribution in [1.29, 1.82) is 0 Å². The van der Waals surface area contributed by atoms with E-state index in [1.807, 2.05) is 38.1 Å². The first-order chi connectivity index (χ1) is 12.5. The summed E-state index contributed by atoms with van der Waals surface area (Å²) in [7, 11) is 1.37. The Morgan fingerprint density at radius 1 is 1.15 bits per heavy atom. The standard InChI is InChI=1S/C21H23NO3S/c1-14-8-9-15(2)19(10-14)26-13-20(23)22-12-17-7-5-4-6-16(17)11-18(22)21(24)25-3/h4-10,18H,11-13H2,1-3H3/t18-/m0/s1. The van der Waals surface area contributed by atoms with Gasteiger partial charge in [-0.05, 0) is 36.6 Å². The van der Waals surface area contributed by atoms with Crippen LogP contribution in [0.5, 0.6) is 0 Å². The van der Waals surface area contributed by atoms with Crippen molar-refractivity contribution in [2.75, 3.05) is 12.9 Å². The Balaban J connectivity index is 1.77. The van der Waals surface area contributed by atoms with Gasteiger partial charge in [-0.3, -0.25) is 4.79 Å². The number of fused-ring (bicyclic) bond motifs is 1. The van der Waals surface area contributed by atoms with Gasteiger partial charge in [0.25, 0.3) is 0 Å². The number of aryl methyl sites for hydroxylation is 2. The SMILES string of the molecule is COC(=O)[C@@H]1Cc2ccccc2CN1C(=O)CSc1cc(C)ccc1C. The number of carbonyl (C=O) groups is 2. The van der Waals surface area contributed by atoms with Gasteiger partial charge in [-0.2, -0.15) is 0 Å². The van der Waals surface area contributed by atoms with Crippen LogP contribution in [0.1, 0.15) is 22.3 Å². The largest absolute Gasteiger partial charge is 0.467 e. The van der Waals surface area contributed by atoms with Crippen LogP contribution in [0.15, 0.2) is 47.4 Å². The molecule has 2 aromatic carbocycles. The third-order valence-corrected chi connectivity index (χ3v) is 5.88. The third kappa shape index (κ3) is 3.93. The number of benzene rings is 2. The van der Waals surface area contributed by atoms with Crippen LogP contribution in [0.4, 0.5) is 0 Å². The Morgan fingerprint density at radius 3 is 2.62 bits per heavy atom. The molecule has 0 fully saturated rings. The normalized spacial score (nSPS) is 16.1. The maximum absolute atomic E-state index is 12.9. The molecule has 0 saturated heterocycles. The van der Waals surface area contributed by atoms with Crippen molar-refractivity contribution in [2.24, 2.45) is 0 Å². The van der Waals surface area contributed by atoms with Gasteiger partial charge in [-0.15, -0.1) is 11.8 Å². The van der Waals surface area contributed by atoms with Crippen molar-refractivity contribution in [2.45, 2.75) is 37.8 Å². The fourth-order valence-electron chi connectivity index (χ4n) is 3.22. The van der Waals surface area contributed by atoms with E-state index in [2.05, 4.69) is 18.2 Å². The highest BCUT2D eigenvalue weighted by Gasteiger charge is 2.35. The highest BCUT2D eigenvalue weighted by Crippen LogP contribution is 2.27. The summed E-state index contributed by atoms with van der Waals surface area (Å²) in [5, 5.41) is 0. The van der Waals surface area contributed by atoms with E-state index < -0.39 is 6.04 Å². The number of hydrogen-bond donors (Lipinski definition) is 0. The van der Waals surface area contributed by atoms with E-state index in [-0.39, 0.29) is 11.9 Å². The maximum Gasteiger partial charge on any atom is 0.328 e. The lowest BCUT2D eigenvalue weighted by atomic mass is 9.94. The molecule has 136 valence electrons. The summed E-state index contributed by atoms with van der Waals surface area (Å²) >= 11 is 1.52. The Hall–Kier alpha value is -2.27. The van der Waals surface area contributed by atoms with Crippen molar-refractivity contribution >= 4 is 23.6 Å². The van der Waals surface area contributed by atoms with E-state index in [4.69, 9.17) is 4.74 Å². The molecular formula is C21H23NO3S. The topological polar surface area (TPSA) is 46.6 Å². The number of thioether (sulfide) groups is 1. The van der Waals surface area contributed by atoms with Gasteiger partial charge in [-0.25, -0.2) is 4.79 Å². The van der Waals surface area contributed by atoms with Crippen LogP contribution < -0.4 is 0 Å².